The molecule has 1 aromatic heterocycles. The zero-order valence-corrected chi connectivity index (χ0v) is 10.6. The molecule has 0 spiro atoms. The van der Waals surface area contributed by atoms with E-state index >= 15 is 0 Å². The maximum atomic E-state index is 8.99. The summed E-state index contributed by atoms with van der Waals surface area (Å²) in [6, 6.07) is 9.43. The van der Waals surface area contributed by atoms with Gasteiger partial charge in [0.1, 0.15) is 6.07 Å². The Labute approximate surface area is 108 Å². The third-order valence-corrected chi connectivity index (χ3v) is 3.38. The van der Waals surface area contributed by atoms with E-state index < -0.39 is 0 Å². The molecule has 0 aliphatic carbocycles. The number of anilines is 3. The molecule has 0 amide bonds. The Morgan fingerprint density at radius 3 is 2.82 bits per heavy atom. The van der Waals surface area contributed by atoms with Crippen molar-refractivity contribution in [1.82, 2.24) is 4.98 Å². The van der Waals surface area contributed by atoms with Crippen LogP contribution in [-0.2, 0) is 0 Å². The van der Waals surface area contributed by atoms with Crippen molar-refractivity contribution in [2.24, 2.45) is 0 Å². The number of halogens is 1. The number of nitrogens with zero attached hydrogens (tertiary/aromatic N) is 2. The maximum Gasteiger partial charge on any atom is 0.185 e. The summed E-state index contributed by atoms with van der Waals surface area (Å²) in [4.78, 5) is 4.77. The van der Waals surface area contributed by atoms with Crippen LogP contribution in [0, 0.1) is 11.3 Å². The first-order valence-electron chi connectivity index (χ1n) is 4.85. The monoisotopic (exact) mass is 264 g/mol. The van der Waals surface area contributed by atoms with Crippen LogP contribution in [0.1, 0.15) is 4.88 Å². The van der Waals surface area contributed by atoms with Gasteiger partial charge in [-0.2, -0.15) is 5.26 Å². The van der Waals surface area contributed by atoms with Crippen molar-refractivity contribution >= 4 is 39.6 Å². The van der Waals surface area contributed by atoms with Crippen molar-refractivity contribution < 1.29 is 0 Å². The van der Waals surface area contributed by atoms with Gasteiger partial charge in [-0.15, -0.1) is 0 Å². The van der Waals surface area contributed by atoms with Crippen LogP contribution in [0.15, 0.2) is 24.3 Å². The zero-order valence-electron chi connectivity index (χ0n) is 8.99. The molecule has 1 heterocycles. The number of para-hydroxylation sites is 1. The largest absolute Gasteiger partial charge is 0.364 e. The minimum absolute atomic E-state index is 0.522. The van der Waals surface area contributed by atoms with Gasteiger partial charge in [0.2, 0.25) is 0 Å². The second-order valence-corrected chi connectivity index (χ2v) is 4.57. The molecule has 0 saturated heterocycles. The minimum Gasteiger partial charge on any atom is -0.364 e. The number of thiazole rings is 1. The Morgan fingerprint density at radius 2 is 2.18 bits per heavy atom. The Morgan fingerprint density at radius 1 is 1.41 bits per heavy atom. The van der Waals surface area contributed by atoms with E-state index in [0.717, 1.165) is 5.69 Å². The number of aromatic nitrogens is 1. The highest BCUT2D eigenvalue weighted by molar-refractivity contribution is 7.16. The predicted octanol–water partition coefficient (Wildman–Crippen LogP) is 3.45. The van der Waals surface area contributed by atoms with E-state index in [4.69, 9.17) is 16.9 Å². The van der Waals surface area contributed by atoms with Crippen LogP contribution in [0.25, 0.3) is 0 Å². The van der Waals surface area contributed by atoms with Crippen molar-refractivity contribution in [2.75, 3.05) is 17.7 Å². The lowest BCUT2D eigenvalue weighted by Gasteiger charge is -2.04. The van der Waals surface area contributed by atoms with Gasteiger partial charge in [-0.3, -0.25) is 0 Å². The van der Waals surface area contributed by atoms with Gasteiger partial charge in [0.25, 0.3) is 0 Å². The molecule has 0 radical (unpaired) electrons. The molecule has 0 fully saturated rings. The topological polar surface area (TPSA) is 60.7 Å². The van der Waals surface area contributed by atoms with Gasteiger partial charge in [-0.1, -0.05) is 35.1 Å². The summed E-state index contributed by atoms with van der Waals surface area (Å²) >= 11 is 7.32. The Hall–Kier alpha value is -1.77. The Bertz CT molecular complexity index is 573. The van der Waals surface area contributed by atoms with Crippen LogP contribution in [0.4, 0.5) is 16.6 Å². The van der Waals surface area contributed by atoms with Gasteiger partial charge in [-0.05, 0) is 12.1 Å². The molecule has 86 valence electrons. The highest BCUT2D eigenvalue weighted by Gasteiger charge is 2.11. The Balaban J connectivity index is 2.33. The molecule has 17 heavy (non-hydrogen) atoms. The molecule has 2 N–H and O–H groups in total. The highest BCUT2D eigenvalue weighted by Crippen LogP contribution is 2.30. The number of rotatable bonds is 3. The predicted molar refractivity (Wildman–Crippen MR) is 71.1 cm³/mol. The van der Waals surface area contributed by atoms with Crippen LogP contribution in [0.2, 0.25) is 5.02 Å². The lowest BCUT2D eigenvalue weighted by Crippen LogP contribution is -1.94. The fraction of sp³-hybridized carbons (Fsp3) is 0.0909. The van der Waals surface area contributed by atoms with Crippen LogP contribution in [0.3, 0.4) is 0 Å². The molecule has 0 atom stereocenters. The van der Waals surface area contributed by atoms with E-state index in [-0.39, 0.29) is 0 Å². The SMILES string of the molecule is CNc1nc(Nc2ccccc2Cl)c(C#N)s1. The molecular weight excluding hydrogens is 256 g/mol. The summed E-state index contributed by atoms with van der Waals surface area (Å²) in [5, 5.41) is 16.2. The molecule has 1 aromatic carbocycles. The first-order chi connectivity index (χ1) is 8.24. The van der Waals surface area contributed by atoms with Crippen LogP contribution < -0.4 is 10.6 Å². The fourth-order valence-electron chi connectivity index (χ4n) is 1.28. The molecule has 0 aliphatic rings. The molecule has 4 nitrogen and oxygen atoms in total. The summed E-state index contributed by atoms with van der Waals surface area (Å²) in [6.07, 6.45) is 0. The van der Waals surface area contributed by atoms with Gasteiger partial charge in [0, 0.05) is 7.05 Å². The molecule has 0 saturated carbocycles. The third kappa shape index (κ3) is 2.49. The smallest absolute Gasteiger partial charge is 0.185 e. The molecule has 6 heteroatoms. The van der Waals surface area contributed by atoms with E-state index in [0.29, 0.717) is 20.8 Å². The van der Waals surface area contributed by atoms with Gasteiger partial charge < -0.3 is 10.6 Å². The highest BCUT2D eigenvalue weighted by atomic mass is 35.5. The number of hydrogen-bond acceptors (Lipinski definition) is 5. The van der Waals surface area contributed by atoms with E-state index in [2.05, 4.69) is 21.7 Å². The zero-order chi connectivity index (χ0) is 12.3. The molecule has 0 aliphatic heterocycles. The van der Waals surface area contributed by atoms with E-state index in [1.54, 1.807) is 13.1 Å². The van der Waals surface area contributed by atoms with Crippen LogP contribution in [0.5, 0.6) is 0 Å². The Kier molecular flexibility index (Phi) is 3.47. The molecule has 0 unspecified atom stereocenters. The van der Waals surface area contributed by atoms with Crippen molar-refractivity contribution in [2.45, 2.75) is 0 Å². The maximum absolute atomic E-state index is 8.99. The molecule has 0 bridgehead atoms. The fourth-order valence-corrected chi connectivity index (χ4v) is 2.13. The summed E-state index contributed by atoms with van der Waals surface area (Å²) < 4.78 is 0. The number of nitrogens with one attached hydrogen (secondary N) is 2. The average molecular weight is 265 g/mol. The van der Waals surface area contributed by atoms with Crippen molar-refractivity contribution in [3.8, 4) is 6.07 Å². The summed E-state index contributed by atoms with van der Waals surface area (Å²) in [6.45, 7) is 0. The number of hydrogen-bond donors (Lipinski definition) is 2. The average Bonchev–Trinajstić information content (AvgIpc) is 2.74. The van der Waals surface area contributed by atoms with Crippen LogP contribution >= 0.6 is 22.9 Å². The second-order valence-electron chi connectivity index (χ2n) is 3.16. The minimum atomic E-state index is 0.522. The van der Waals surface area contributed by atoms with E-state index in [1.165, 1.54) is 11.3 Å². The molecular formula is C11H9ClN4S. The lowest BCUT2D eigenvalue weighted by molar-refractivity contribution is 1.34. The third-order valence-electron chi connectivity index (χ3n) is 2.07. The molecule has 2 aromatic rings. The van der Waals surface area contributed by atoms with Crippen molar-refractivity contribution in [3.05, 3.63) is 34.2 Å². The van der Waals surface area contributed by atoms with Gasteiger partial charge in [-0.25, -0.2) is 4.98 Å². The van der Waals surface area contributed by atoms with E-state index in [9.17, 15) is 0 Å². The summed E-state index contributed by atoms with van der Waals surface area (Å²) in [7, 11) is 1.76. The summed E-state index contributed by atoms with van der Waals surface area (Å²) in [5.74, 6) is 0.523. The van der Waals surface area contributed by atoms with Gasteiger partial charge >= 0.3 is 0 Å². The van der Waals surface area contributed by atoms with Crippen molar-refractivity contribution in [3.63, 3.8) is 0 Å². The first-order valence-corrected chi connectivity index (χ1v) is 6.04. The van der Waals surface area contributed by atoms with Crippen LogP contribution in [-0.4, -0.2) is 12.0 Å². The molecule has 2 rings (SSSR count). The lowest BCUT2D eigenvalue weighted by atomic mass is 10.3. The van der Waals surface area contributed by atoms with Gasteiger partial charge in [0.05, 0.1) is 10.7 Å². The standard InChI is InChI=1S/C11H9ClN4S/c1-14-11-16-10(9(6-13)17-11)15-8-5-3-2-4-7(8)12/h2-5,15H,1H3,(H,14,16). The number of benzene rings is 1. The number of nitriles is 1. The van der Waals surface area contributed by atoms with Crippen molar-refractivity contribution in [1.29, 1.82) is 5.26 Å². The van der Waals surface area contributed by atoms with Gasteiger partial charge in [0.15, 0.2) is 15.8 Å². The quantitative estimate of drug-likeness (QED) is 0.891. The first kappa shape index (κ1) is 11.7. The second kappa shape index (κ2) is 5.04. The normalized spacial score (nSPS) is 9.71. The van der Waals surface area contributed by atoms with E-state index in [1.807, 2.05) is 18.2 Å². The summed E-state index contributed by atoms with van der Waals surface area (Å²) in [5.41, 5.74) is 0.735.